The Hall–Kier alpha value is -2.02. The predicted octanol–water partition coefficient (Wildman–Crippen LogP) is 0.302. The molecule has 0 spiro atoms. The van der Waals surface area contributed by atoms with E-state index in [0.717, 1.165) is 0 Å². The van der Waals surface area contributed by atoms with E-state index in [0.29, 0.717) is 25.5 Å². The molecule has 1 fully saturated rings. The number of nitrogens with one attached hydrogen (secondary N) is 1. The highest BCUT2D eigenvalue weighted by Gasteiger charge is 2.41. The normalized spacial score (nSPS) is 18.5. The molecule has 1 atom stereocenters. The second-order valence-corrected chi connectivity index (χ2v) is 7.52. The quantitative estimate of drug-likeness (QED) is 0.559. The van der Waals surface area contributed by atoms with Gasteiger partial charge in [-0.15, -0.1) is 12.4 Å². The van der Waals surface area contributed by atoms with Crippen molar-refractivity contribution in [3.05, 3.63) is 34.5 Å². The Bertz CT molecular complexity index is 894. The summed E-state index contributed by atoms with van der Waals surface area (Å²) >= 11 is 0. The molecule has 3 heterocycles. The summed E-state index contributed by atoms with van der Waals surface area (Å²) in [5.41, 5.74) is 0. The van der Waals surface area contributed by atoms with Crippen LogP contribution >= 0.6 is 12.4 Å². The van der Waals surface area contributed by atoms with Crippen molar-refractivity contribution in [2.24, 2.45) is 7.05 Å². The van der Waals surface area contributed by atoms with Crippen LogP contribution in [0.25, 0.3) is 0 Å². The van der Waals surface area contributed by atoms with Crippen molar-refractivity contribution in [3.8, 4) is 0 Å². The number of nitrogens with zero attached hydrogens (tertiary/aromatic N) is 6. The third-order valence-corrected chi connectivity index (χ3v) is 6.04. The van der Waals surface area contributed by atoms with Crippen LogP contribution in [0.4, 0.5) is 5.82 Å². The van der Waals surface area contributed by atoms with E-state index in [2.05, 4.69) is 15.4 Å². The lowest BCUT2D eigenvalue weighted by Crippen LogP contribution is -2.49. The Morgan fingerprint density at radius 2 is 2.19 bits per heavy atom. The van der Waals surface area contributed by atoms with Gasteiger partial charge in [0.2, 0.25) is 4.90 Å². The molecule has 11 nitrogen and oxygen atoms in total. The number of piperazine rings is 1. The number of aryl methyl sites for hydroxylation is 2. The molecule has 26 heavy (non-hydrogen) atoms. The molecule has 1 aliphatic heterocycles. The van der Waals surface area contributed by atoms with Gasteiger partial charge >= 0.3 is 5.82 Å². The zero-order valence-corrected chi connectivity index (χ0v) is 15.9. The molecule has 1 N–H and O–H groups in total. The molecule has 1 saturated heterocycles. The highest BCUT2D eigenvalue weighted by molar-refractivity contribution is 7.89. The van der Waals surface area contributed by atoms with Gasteiger partial charge in [0.15, 0.2) is 0 Å². The van der Waals surface area contributed by atoms with E-state index in [1.807, 2.05) is 0 Å². The first kappa shape index (κ1) is 20.3. The zero-order valence-electron chi connectivity index (χ0n) is 14.3. The minimum absolute atomic E-state index is 0. The van der Waals surface area contributed by atoms with Crippen LogP contribution in [0.1, 0.15) is 18.8 Å². The molecule has 1 aliphatic rings. The standard InChI is InChI=1S/C13H19N7O4S.ClH/c1-3-18-9-11(13(16-18)20(21)22)25(23,24)19-7-4-14-8-10(19)12-15-5-6-17(12)2;/h5-6,9-10,14H,3-4,7-8H2,1-2H3;1H. The van der Waals surface area contributed by atoms with Crippen LogP contribution in [0.3, 0.4) is 0 Å². The van der Waals surface area contributed by atoms with Crippen molar-refractivity contribution in [1.29, 1.82) is 0 Å². The van der Waals surface area contributed by atoms with Crippen molar-refractivity contribution in [2.45, 2.75) is 24.4 Å². The van der Waals surface area contributed by atoms with Crippen LogP contribution in [0.2, 0.25) is 0 Å². The molecule has 1 unspecified atom stereocenters. The zero-order chi connectivity index (χ0) is 18.2. The fourth-order valence-electron chi connectivity index (χ4n) is 2.88. The van der Waals surface area contributed by atoms with E-state index in [9.17, 15) is 18.5 Å². The molecule has 13 heteroatoms. The summed E-state index contributed by atoms with van der Waals surface area (Å²) in [6.07, 6.45) is 4.53. The van der Waals surface area contributed by atoms with Gasteiger partial charge in [0, 0.05) is 39.1 Å². The summed E-state index contributed by atoms with van der Waals surface area (Å²) in [5, 5.41) is 18.2. The highest BCUT2D eigenvalue weighted by Crippen LogP contribution is 2.31. The third-order valence-electron chi connectivity index (χ3n) is 4.14. The minimum atomic E-state index is -4.10. The van der Waals surface area contributed by atoms with E-state index in [1.54, 1.807) is 30.9 Å². The molecule has 2 aromatic heterocycles. The van der Waals surface area contributed by atoms with Crippen LogP contribution in [0.15, 0.2) is 23.5 Å². The Balaban J connectivity index is 0.00000243. The first-order valence-corrected chi connectivity index (χ1v) is 9.22. The van der Waals surface area contributed by atoms with Gasteiger partial charge in [0.25, 0.3) is 10.0 Å². The molecule has 0 aromatic carbocycles. The van der Waals surface area contributed by atoms with Gasteiger partial charge in [-0.25, -0.2) is 13.4 Å². The maximum absolute atomic E-state index is 13.2. The largest absolute Gasteiger partial charge is 0.410 e. The molecule has 0 radical (unpaired) electrons. The summed E-state index contributed by atoms with van der Waals surface area (Å²) in [6.45, 7) is 3.08. The molecular formula is C13H20ClN7O4S. The molecule has 0 bridgehead atoms. The summed E-state index contributed by atoms with van der Waals surface area (Å²) < 4.78 is 30.6. The van der Waals surface area contributed by atoms with Gasteiger partial charge in [-0.1, -0.05) is 0 Å². The number of aromatic nitrogens is 4. The van der Waals surface area contributed by atoms with Gasteiger partial charge in [0.1, 0.15) is 5.82 Å². The SMILES string of the molecule is CCn1cc(S(=O)(=O)N2CCNCC2c2nccn2C)c([N+](=O)[O-])n1.Cl. The first-order chi connectivity index (χ1) is 11.9. The van der Waals surface area contributed by atoms with Crippen molar-refractivity contribution in [1.82, 2.24) is 29.0 Å². The van der Waals surface area contributed by atoms with Gasteiger partial charge < -0.3 is 20.0 Å². The minimum Gasteiger partial charge on any atom is -0.358 e. The maximum atomic E-state index is 13.2. The molecule has 144 valence electrons. The summed E-state index contributed by atoms with van der Waals surface area (Å²) in [7, 11) is -2.33. The summed E-state index contributed by atoms with van der Waals surface area (Å²) in [5.74, 6) is -0.0831. The van der Waals surface area contributed by atoms with E-state index >= 15 is 0 Å². The lowest BCUT2D eigenvalue weighted by molar-refractivity contribution is -0.392. The Morgan fingerprint density at radius 3 is 2.77 bits per heavy atom. The molecule has 0 saturated carbocycles. The summed E-state index contributed by atoms with van der Waals surface area (Å²) in [4.78, 5) is 14.3. The van der Waals surface area contributed by atoms with Crippen LogP contribution in [-0.4, -0.2) is 56.6 Å². The maximum Gasteiger partial charge on any atom is 0.410 e. The van der Waals surface area contributed by atoms with E-state index in [4.69, 9.17) is 0 Å². The number of hydrogen-bond acceptors (Lipinski definition) is 7. The van der Waals surface area contributed by atoms with Gasteiger partial charge in [0.05, 0.1) is 23.9 Å². The number of rotatable bonds is 5. The van der Waals surface area contributed by atoms with Crippen molar-refractivity contribution >= 4 is 28.2 Å². The van der Waals surface area contributed by atoms with Gasteiger partial charge in [-0.05, 0) is 11.8 Å². The van der Waals surface area contributed by atoms with Crippen LogP contribution < -0.4 is 5.32 Å². The highest BCUT2D eigenvalue weighted by atomic mass is 35.5. The van der Waals surface area contributed by atoms with Crippen molar-refractivity contribution < 1.29 is 13.3 Å². The van der Waals surface area contributed by atoms with E-state index < -0.39 is 26.8 Å². The number of hydrogen-bond donors (Lipinski definition) is 1. The van der Waals surface area contributed by atoms with E-state index in [-0.39, 0.29) is 23.8 Å². The first-order valence-electron chi connectivity index (χ1n) is 7.78. The second kappa shape index (κ2) is 7.70. The van der Waals surface area contributed by atoms with Gasteiger partial charge in [-0.3, -0.25) is 0 Å². The number of nitro groups is 1. The molecule has 0 aliphatic carbocycles. The second-order valence-electron chi connectivity index (χ2n) is 5.66. The van der Waals surface area contributed by atoms with Crippen molar-refractivity contribution in [3.63, 3.8) is 0 Å². The van der Waals surface area contributed by atoms with E-state index in [1.165, 1.54) is 15.2 Å². The molecule has 2 aromatic rings. The summed E-state index contributed by atoms with van der Waals surface area (Å²) in [6, 6.07) is -0.552. The number of imidazole rings is 1. The monoisotopic (exact) mass is 405 g/mol. The molecule has 0 amide bonds. The smallest absolute Gasteiger partial charge is 0.358 e. The Morgan fingerprint density at radius 1 is 1.46 bits per heavy atom. The Kier molecular flexibility index (Phi) is 6.01. The lowest BCUT2D eigenvalue weighted by Gasteiger charge is -2.34. The average molecular weight is 406 g/mol. The van der Waals surface area contributed by atoms with Crippen molar-refractivity contribution in [2.75, 3.05) is 19.6 Å². The number of halogens is 1. The topological polar surface area (TPSA) is 128 Å². The fourth-order valence-corrected chi connectivity index (χ4v) is 4.57. The third kappa shape index (κ3) is 3.45. The lowest BCUT2D eigenvalue weighted by atomic mass is 10.2. The fraction of sp³-hybridized carbons (Fsp3) is 0.538. The molecular weight excluding hydrogens is 386 g/mol. The molecule has 3 rings (SSSR count). The number of sulfonamides is 1. The Labute approximate surface area is 156 Å². The predicted molar refractivity (Wildman–Crippen MR) is 94.5 cm³/mol. The van der Waals surface area contributed by atoms with Gasteiger partial charge in [-0.2, -0.15) is 8.99 Å². The van der Waals surface area contributed by atoms with Crippen LogP contribution in [0, 0.1) is 10.1 Å². The average Bonchev–Trinajstić information content (AvgIpc) is 3.21. The van der Waals surface area contributed by atoms with Crippen LogP contribution in [0.5, 0.6) is 0 Å². The van der Waals surface area contributed by atoms with Crippen LogP contribution in [-0.2, 0) is 23.6 Å².